The fraction of sp³-hybridized carbons (Fsp3) is 0.357. The van der Waals surface area contributed by atoms with Gasteiger partial charge in [0, 0.05) is 24.0 Å². The largest absolute Gasteiger partial charge is 0.323 e. The Bertz CT molecular complexity index is 484. The summed E-state index contributed by atoms with van der Waals surface area (Å²) in [4.78, 5) is 7.59. The highest BCUT2D eigenvalue weighted by Crippen LogP contribution is 2.14. The molecule has 19 heavy (non-hydrogen) atoms. The molecule has 102 valence electrons. The van der Waals surface area contributed by atoms with Crippen molar-refractivity contribution in [2.24, 2.45) is 5.73 Å². The number of hydrogen-bond donors (Lipinski definition) is 1. The van der Waals surface area contributed by atoms with E-state index in [0.717, 1.165) is 25.2 Å². The first kappa shape index (κ1) is 14.1. The molecule has 2 N–H and O–H groups in total. The zero-order valence-electron chi connectivity index (χ0n) is 10.9. The summed E-state index contributed by atoms with van der Waals surface area (Å²) in [7, 11) is 2.07. The second-order valence-corrected chi connectivity index (χ2v) is 5.65. The van der Waals surface area contributed by atoms with Crippen LogP contribution in [0.3, 0.4) is 0 Å². The molecule has 0 aliphatic carbocycles. The van der Waals surface area contributed by atoms with E-state index in [1.807, 2.05) is 0 Å². The summed E-state index contributed by atoms with van der Waals surface area (Å²) in [5.41, 5.74) is 6.80. The van der Waals surface area contributed by atoms with Gasteiger partial charge >= 0.3 is 0 Å². The maximum Gasteiger partial charge on any atom is 0.141 e. The molecule has 0 fully saturated rings. The zero-order chi connectivity index (χ0) is 13.7. The summed E-state index contributed by atoms with van der Waals surface area (Å²) in [5.74, 6) is -0.328. The van der Waals surface area contributed by atoms with Gasteiger partial charge in [0.25, 0.3) is 0 Å². The van der Waals surface area contributed by atoms with Crippen LogP contribution >= 0.6 is 11.3 Å². The number of hydrogen-bond acceptors (Lipinski definition) is 4. The number of aromatic nitrogens is 1. The van der Waals surface area contributed by atoms with Gasteiger partial charge in [-0.15, -0.1) is 11.3 Å². The highest BCUT2D eigenvalue weighted by atomic mass is 32.1. The Morgan fingerprint density at radius 1 is 1.42 bits per heavy atom. The lowest BCUT2D eigenvalue weighted by atomic mass is 10.1. The first-order chi connectivity index (χ1) is 9.15. The Labute approximate surface area is 116 Å². The zero-order valence-corrected chi connectivity index (χ0v) is 11.7. The molecule has 1 atom stereocenters. The maximum absolute atomic E-state index is 12.8. The normalized spacial score (nSPS) is 12.8. The van der Waals surface area contributed by atoms with Gasteiger partial charge in [0.05, 0.1) is 11.9 Å². The Morgan fingerprint density at radius 2 is 2.26 bits per heavy atom. The molecule has 2 heterocycles. The SMILES string of the molecule is CN(CCC(N)c1ccc(F)cn1)Cc1cccs1. The van der Waals surface area contributed by atoms with Crippen LogP contribution in [-0.4, -0.2) is 23.5 Å². The summed E-state index contributed by atoms with van der Waals surface area (Å²) < 4.78 is 12.8. The lowest BCUT2D eigenvalue weighted by molar-refractivity contribution is 0.313. The molecule has 5 heteroatoms. The molecule has 0 bridgehead atoms. The van der Waals surface area contributed by atoms with Crippen molar-refractivity contribution in [3.63, 3.8) is 0 Å². The molecule has 0 aliphatic rings. The van der Waals surface area contributed by atoms with Gasteiger partial charge in [-0.25, -0.2) is 4.39 Å². The highest BCUT2D eigenvalue weighted by molar-refractivity contribution is 7.09. The lowest BCUT2D eigenvalue weighted by Crippen LogP contribution is -2.23. The third-order valence-corrected chi connectivity index (χ3v) is 3.82. The minimum atomic E-state index is -0.328. The number of rotatable bonds is 6. The second kappa shape index (κ2) is 6.75. The van der Waals surface area contributed by atoms with E-state index in [1.54, 1.807) is 17.4 Å². The van der Waals surface area contributed by atoms with E-state index in [0.29, 0.717) is 0 Å². The van der Waals surface area contributed by atoms with E-state index in [2.05, 4.69) is 34.4 Å². The van der Waals surface area contributed by atoms with Gasteiger partial charge in [0.1, 0.15) is 5.82 Å². The minimum Gasteiger partial charge on any atom is -0.323 e. The Balaban J connectivity index is 1.79. The van der Waals surface area contributed by atoms with Crippen molar-refractivity contribution in [2.45, 2.75) is 19.0 Å². The first-order valence-electron chi connectivity index (χ1n) is 6.23. The van der Waals surface area contributed by atoms with Gasteiger partial charge in [-0.1, -0.05) is 6.07 Å². The molecule has 2 aromatic heterocycles. The van der Waals surface area contributed by atoms with Crippen LogP contribution in [0.1, 0.15) is 23.0 Å². The summed E-state index contributed by atoms with van der Waals surface area (Å²) in [5, 5.41) is 2.08. The van der Waals surface area contributed by atoms with Gasteiger partial charge in [-0.2, -0.15) is 0 Å². The molecule has 0 saturated heterocycles. The standard InChI is InChI=1S/C14H18FN3S/c1-18(10-12-3-2-8-19-12)7-6-13(16)14-5-4-11(15)9-17-14/h2-5,8-9,13H,6-7,10,16H2,1H3. The molecule has 0 aliphatic heterocycles. The van der Waals surface area contributed by atoms with Gasteiger partial charge in [-0.3, -0.25) is 4.98 Å². The van der Waals surface area contributed by atoms with Gasteiger partial charge in [0.2, 0.25) is 0 Å². The topological polar surface area (TPSA) is 42.1 Å². The van der Waals surface area contributed by atoms with Crippen LogP contribution in [0.25, 0.3) is 0 Å². The summed E-state index contributed by atoms with van der Waals surface area (Å²) in [6, 6.07) is 7.09. The van der Waals surface area contributed by atoms with Crippen LogP contribution in [0.4, 0.5) is 4.39 Å². The maximum atomic E-state index is 12.8. The van der Waals surface area contributed by atoms with Gasteiger partial charge in [-0.05, 0) is 37.0 Å². The summed E-state index contributed by atoms with van der Waals surface area (Å²) in [6.45, 7) is 1.82. The van der Waals surface area contributed by atoms with Crippen LogP contribution in [0, 0.1) is 5.82 Å². The molecule has 0 radical (unpaired) electrons. The van der Waals surface area contributed by atoms with Gasteiger partial charge in [0.15, 0.2) is 0 Å². The Kier molecular flexibility index (Phi) is 5.01. The summed E-state index contributed by atoms with van der Waals surface area (Å²) in [6.07, 6.45) is 2.02. The molecular formula is C14H18FN3S. The van der Waals surface area contributed by atoms with E-state index in [9.17, 15) is 4.39 Å². The average molecular weight is 279 g/mol. The molecule has 0 saturated carbocycles. The van der Waals surface area contributed by atoms with Crippen molar-refractivity contribution in [1.82, 2.24) is 9.88 Å². The Morgan fingerprint density at radius 3 is 2.89 bits per heavy atom. The lowest BCUT2D eigenvalue weighted by Gasteiger charge is -2.18. The molecule has 0 amide bonds. The monoisotopic (exact) mass is 279 g/mol. The van der Waals surface area contributed by atoms with Crippen molar-refractivity contribution < 1.29 is 4.39 Å². The highest BCUT2D eigenvalue weighted by Gasteiger charge is 2.09. The number of halogens is 1. The van der Waals surface area contributed by atoms with E-state index >= 15 is 0 Å². The van der Waals surface area contributed by atoms with E-state index in [-0.39, 0.29) is 11.9 Å². The van der Waals surface area contributed by atoms with Gasteiger partial charge < -0.3 is 10.6 Å². The van der Waals surface area contributed by atoms with Crippen LogP contribution in [-0.2, 0) is 6.54 Å². The quantitative estimate of drug-likeness (QED) is 0.884. The van der Waals surface area contributed by atoms with Crippen molar-refractivity contribution in [3.05, 3.63) is 52.2 Å². The van der Waals surface area contributed by atoms with E-state index in [4.69, 9.17) is 5.73 Å². The number of pyridine rings is 1. The van der Waals surface area contributed by atoms with Crippen LogP contribution in [0.15, 0.2) is 35.8 Å². The van der Waals surface area contributed by atoms with Crippen molar-refractivity contribution in [1.29, 1.82) is 0 Å². The molecule has 1 unspecified atom stereocenters. The molecule has 0 spiro atoms. The Hall–Kier alpha value is -1.30. The van der Waals surface area contributed by atoms with Crippen molar-refractivity contribution in [2.75, 3.05) is 13.6 Å². The fourth-order valence-corrected chi connectivity index (χ4v) is 2.65. The minimum absolute atomic E-state index is 0.147. The van der Waals surface area contributed by atoms with E-state index in [1.165, 1.54) is 17.1 Å². The number of thiophene rings is 1. The first-order valence-corrected chi connectivity index (χ1v) is 7.11. The summed E-state index contributed by atoms with van der Waals surface area (Å²) >= 11 is 1.76. The molecule has 2 aromatic rings. The van der Waals surface area contributed by atoms with Crippen LogP contribution in [0.5, 0.6) is 0 Å². The average Bonchev–Trinajstić information content (AvgIpc) is 2.89. The third kappa shape index (κ3) is 4.38. The number of nitrogens with two attached hydrogens (primary N) is 1. The second-order valence-electron chi connectivity index (χ2n) is 4.61. The predicted molar refractivity (Wildman–Crippen MR) is 76.4 cm³/mol. The van der Waals surface area contributed by atoms with Crippen molar-refractivity contribution in [3.8, 4) is 0 Å². The third-order valence-electron chi connectivity index (χ3n) is 2.96. The van der Waals surface area contributed by atoms with Crippen molar-refractivity contribution >= 4 is 11.3 Å². The van der Waals surface area contributed by atoms with Crippen LogP contribution in [0.2, 0.25) is 0 Å². The molecule has 0 aromatic carbocycles. The molecule has 3 nitrogen and oxygen atoms in total. The number of nitrogens with zero attached hydrogens (tertiary/aromatic N) is 2. The molecular weight excluding hydrogens is 261 g/mol. The smallest absolute Gasteiger partial charge is 0.141 e. The van der Waals surface area contributed by atoms with Crippen LogP contribution < -0.4 is 5.73 Å². The predicted octanol–water partition coefficient (Wildman–Crippen LogP) is 2.80. The van der Waals surface area contributed by atoms with E-state index < -0.39 is 0 Å². The molecule has 2 rings (SSSR count). The fourth-order valence-electron chi connectivity index (χ4n) is 1.86.